The molecule has 11 rings (SSSR count). The lowest BCUT2D eigenvalue weighted by molar-refractivity contribution is 0.590. The van der Waals surface area contributed by atoms with Crippen LogP contribution in [0.1, 0.15) is 52.7 Å². The van der Waals surface area contributed by atoms with Crippen LogP contribution in [0.15, 0.2) is 194 Å². The Morgan fingerprint density at radius 3 is 1.55 bits per heavy atom. The Balaban J connectivity index is 1.16. The van der Waals surface area contributed by atoms with Gasteiger partial charge in [-0.1, -0.05) is 193 Å². The first-order chi connectivity index (χ1) is 30.0. The predicted octanol–water partition coefficient (Wildman–Crippen LogP) is 17.1. The van der Waals surface area contributed by atoms with Crippen LogP contribution in [-0.2, 0) is 10.8 Å². The number of nitrogens with zero attached hydrogens (tertiary/aromatic N) is 2. The Morgan fingerprint density at radius 1 is 0.371 bits per heavy atom. The van der Waals surface area contributed by atoms with E-state index < -0.39 is 0 Å². The highest BCUT2D eigenvalue weighted by molar-refractivity contribution is 6.27. The van der Waals surface area contributed by atoms with Crippen LogP contribution in [0.3, 0.4) is 0 Å². The molecule has 0 N–H and O–H groups in total. The molecule has 0 unspecified atom stereocenters. The van der Waals surface area contributed by atoms with Crippen molar-refractivity contribution in [2.45, 2.75) is 52.4 Å². The predicted molar refractivity (Wildman–Crippen MR) is 267 cm³/mol. The second-order valence-corrected chi connectivity index (χ2v) is 19.0. The van der Waals surface area contributed by atoms with E-state index >= 15 is 0 Å². The Hall–Kier alpha value is -7.16. The number of hydrogen-bond acceptors (Lipinski definition) is 1. The molecular formula is C60H50N2. The highest BCUT2D eigenvalue weighted by Gasteiger charge is 2.24. The number of fused-ring (bicyclic) bond motifs is 3. The first kappa shape index (κ1) is 37.8. The first-order valence-corrected chi connectivity index (χ1v) is 21.9. The van der Waals surface area contributed by atoms with Gasteiger partial charge in [-0.25, -0.2) is 0 Å². The zero-order valence-corrected chi connectivity index (χ0v) is 36.4. The van der Waals surface area contributed by atoms with Gasteiger partial charge in [-0.05, 0) is 103 Å². The topological polar surface area (TPSA) is 8.17 Å². The molecule has 0 fully saturated rings. The van der Waals surface area contributed by atoms with Crippen LogP contribution < -0.4 is 4.90 Å². The summed E-state index contributed by atoms with van der Waals surface area (Å²) < 4.78 is 2.46. The van der Waals surface area contributed by atoms with Crippen LogP contribution in [0.4, 0.5) is 17.1 Å². The summed E-state index contributed by atoms with van der Waals surface area (Å²) in [4.78, 5) is 2.50. The molecule has 0 aliphatic heterocycles. The van der Waals surface area contributed by atoms with Crippen molar-refractivity contribution in [3.8, 4) is 27.9 Å². The van der Waals surface area contributed by atoms with Gasteiger partial charge in [0.05, 0.1) is 28.1 Å². The van der Waals surface area contributed by atoms with Crippen molar-refractivity contribution in [1.82, 2.24) is 4.57 Å². The summed E-state index contributed by atoms with van der Waals surface area (Å²) in [5.74, 6) is 0. The normalized spacial score (nSPS) is 12.4. The summed E-state index contributed by atoms with van der Waals surface area (Å²) >= 11 is 0. The maximum atomic E-state index is 2.50. The van der Waals surface area contributed by atoms with Crippen LogP contribution in [0.2, 0.25) is 0 Å². The van der Waals surface area contributed by atoms with Crippen molar-refractivity contribution in [2.24, 2.45) is 0 Å². The third kappa shape index (κ3) is 6.16. The van der Waals surface area contributed by atoms with E-state index in [2.05, 4.69) is 245 Å². The van der Waals surface area contributed by atoms with E-state index in [0.29, 0.717) is 0 Å². The minimum Gasteiger partial charge on any atom is -0.309 e. The van der Waals surface area contributed by atoms with Gasteiger partial charge >= 0.3 is 0 Å². The fraction of sp³-hybridized carbons (Fsp3) is 0.133. The van der Waals surface area contributed by atoms with E-state index in [9.17, 15) is 0 Å². The zero-order chi connectivity index (χ0) is 42.3. The van der Waals surface area contributed by atoms with Crippen LogP contribution in [0.25, 0.3) is 82.1 Å². The Kier molecular flexibility index (Phi) is 8.67. The number of aromatic nitrogens is 1. The molecule has 0 bridgehead atoms. The Bertz CT molecular complexity index is 3410. The lowest BCUT2D eigenvalue weighted by Gasteiger charge is -2.30. The van der Waals surface area contributed by atoms with Gasteiger partial charge in [0.15, 0.2) is 0 Å². The molecule has 2 heteroatoms. The third-order valence-corrected chi connectivity index (χ3v) is 13.1. The molecule has 0 amide bonds. The molecule has 1 aromatic heterocycles. The lowest BCUT2D eigenvalue weighted by atomic mass is 9.86. The minimum absolute atomic E-state index is 0.0682. The van der Waals surface area contributed by atoms with Crippen molar-refractivity contribution in [2.75, 3.05) is 4.90 Å². The van der Waals surface area contributed by atoms with Gasteiger partial charge in [0.2, 0.25) is 0 Å². The number of rotatable bonds is 6. The van der Waals surface area contributed by atoms with Crippen molar-refractivity contribution in [3.05, 3.63) is 205 Å². The Morgan fingerprint density at radius 2 is 0.903 bits per heavy atom. The molecule has 0 spiro atoms. The largest absolute Gasteiger partial charge is 0.309 e. The Labute approximate surface area is 364 Å². The third-order valence-electron chi connectivity index (χ3n) is 13.1. The molecule has 0 aliphatic carbocycles. The van der Waals surface area contributed by atoms with Crippen molar-refractivity contribution < 1.29 is 0 Å². The molecule has 10 aromatic carbocycles. The smallest absolute Gasteiger partial charge is 0.0541 e. The molecule has 62 heavy (non-hydrogen) atoms. The fourth-order valence-electron chi connectivity index (χ4n) is 9.80. The maximum absolute atomic E-state index is 2.50. The van der Waals surface area contributed by atoms with Gasteiger partial charge in [0.25, 0.3) is 0 Å². The second kappa shape index (κ2) is 14.2. The van der Waals surface area contributed by atoms with E-state index in [0.717, 1.165) is 17.1 Å². The van der Waals surface area contributed by atoms with Crippen LogP contribution in [0.5, 0.6) is 0 Å². The highest BCUT2D eigenvalue weighted by atomic mass is 15.1. The van der Waals surface area contributed by atoms with Crippen LogP contribution >= 0.6 is 0 Å². The van der Waals surface area contributed by atoms with Crippen molar-refractivity contribution in [3.63, 3.8) is 0 Å². The van der Waals surface area contributed by atoms with E-state index in [1.165, 1.54) is 93.2 Å². The van der Waals surface area contributed by atoms with Gasteiger partial charge in [0.1, 0.15) is 0 Å². The average molecular weight is 799 g/mol. The number of benzene rings is 10. The molecule has 0 saturated heterocycles. The van der Waals surface area contributed by atoms with Gasteiger partial charge < -0.3 is 9.47 Å². The van der Waals surface area contributed by atoms with Crippen molar-refractivity contribution in [1.29, 1.82) is 0 Å². The summed E-state index contributed by atoms with van der Waals surface area (Å²) in [6.07, 6.45) is 0. The maximum Gasteiger partial charge on any atom is 0.0541 e. The monoisotopic (exact) mass is 798 g/mol. The molecule has 0 aliphatic rings. The molecule has 0 saturated carbocycles. The van der Waals surface area contributed by atoms with Gasteiger partial charge in [-0.3, -0.25) is 0 Å². The molecular weight excluding hydrogens is 749 g/mol. The molecule has 0 atom stereocenters. The van der Waals surface area contributed by atoms with Crippen molar-refractivity contribution >= 4 is 71.2 Å². The first-order valence-electron chi connectivity index (χ1n) is 21.9. The summed E-state index contributed by atoms with van der Waals surface area (Å²) in [6.45, 7) is 13.7. The molecule has 300 valence electrons. The van der Waals surface area contributed by atoms with Gasteiger partial charge in [-0.2, -0.15) is 0 Å². The SMILES string of the molecule is CC(C)(C)c1ccc(-c2cccc(N(c3ccccc3-c3ccc(C(C)(C)C)cc3)c3ccc4ccc5c(-n6c7ccccc7c7ccccc76)ccc6ccc3c4c65)c2)cc1. The van der Waals surface area contributed by atoms with Crippen LogP contribution in [0, 0.1) is 0 Å². The number of anilines is 3. The highest BCUT2D eigenvalue weighted by Crippen LogP contribution is 2.48. The number of hydrogen-bond donors (Lipinski definition) is 0. The van der Waals surface area contributed by atoms with Gasteiger partial charge in [0, 0.05) is 32.8 Å². The summed E-state index contributed by atoms with van der Waals surface area (Å²) in [7, 11) is 0. The fourth-order valence-corrected chi connectivity index (χ4v) is 9.80. The number of para-hydroxylation sites is 3. The van der Waals surface area contributed by atoms with E-state index in [1.54, 1.807) is 0 Å². The zero-order valence-electron chi connectivity index (χ0n) is 36.4. The summed E-state index contributed by atoms with van der Waals surface area (Å²) in [5.41, 5.74) is 14.6. The summed E-state index contributed by atoms with van der Waals surface area (Å²) in [5, 5.41) is 10.1. The molecule has 1 heterocycles. The quantitative estimate of drug-likeness (QED) is 0.152. The molecule has 2 nitrogen and oxygen atoms in total. The lowest BCUT2D eigenvalue weighted by Crippen LogP contribution is -2.12. The standard InChI is InChI=1S/C60H50N2/c1-59(2,3)44-30-22-39(23-31-44)43-14-13-15-46(38-43)61(52-19-10-7-16-47(52)40-24-32-45(33-25-40)60(4,5)6)55-36-28-41-27-35-51-56(37-29-42-26-34-50(55)57(41)58(42)51)62-53-20-11-8-17-48(53)49-18-9-12-21-54(49)62/h7-38H,1-6H3. The molecule has 11 aromatic rings. The van der Waals surface area contributed by atoms with E-state index in [4.69, 9.17) is 0 Å². The summed E-state index contributed by atoms with van der Waals surface area (Å²) in [6, 6.07) is 72.5. The minimum atomic E-state index is 0.0682. The van der Waals surface area contributed by atoms with E-state index in [-0.39, 0.29) is 10.8 Å². The molecule has 0 radical (unpaired) electrons. The van der Waals surface area contributed by atoms with E-state index in [1.807, 2.05) is 0 Å². The average Bonchev–Trinajstić information content (AvgIpc) is 3.62. The van der Waals surface area contributed by atoms with Gasteiger partial charge in [-0.15, -0.1) is 0 Å². The second-order valence-electron chi connectivity index (χ2n) is 19.0. The van der Waals surface area contributed by atoms with Crippen LogP contribution in [-0.4, -0.2) is 4.57 Å².